The van der Waals surface area contributed by atoms with Gasteiger partial charge in [0, 0.05) is 17.5 Å². The Hall–Kier alpha value is -2.23. The summed E-state index contributed by atoms with van der Waals surface area (Å²) in [5.41, 5.74) is 0.872. The lowest BCUT2D eigenvalue weighted by Crippen LogP contribution is -1.94. The van der Waals surface area contributed by atoms with Crippen LogP contribution in [0.1, 0.15) is 42.5 Å². The predicted molar refractivity (Wildman–Crippen MR) is 78.2 cm³/mol. The molecule has 0 bridgehead atoms. The molecule has 20 heavy (non-hydrogen) atoms. The van der Waals surface area contributed by atoms with E-state index in [1.165, 1.54) is 19.1 Å². The summed E-state index contributed by atoms with van der Waals surface area (Å²) < 4.78 is 5.57. The summed E-state index contributed by atoms with van der Waals surface area (Å²) in [4.78, 5) is 11.8. The highest BCUT2D eigenvalue weighted by Crippen LogP contribution is 2.42. The Labute approximate surface area is 117 Å². The SMILES string of the molecule is C=Cc1cc(C(C)=O)c2c(O)c(CC(C)C)oc2c1O. The van der Waals surface area contributed by atoms with Gasteiger partial charge in [0.05, 0.1) is 5.39 Å². The predicted octanol–water partition coefficient (Wildman–Crippen LogP) is 3.89. The zero-order valence-corrected chi connectivity index (χ0v) is 11.9. The van der Waals surface area contributed by atoms with Crippen LogP contribution in [0.15, 0.2) is 17.1 Å². The molecule has 0 aliphatic carbocycles. The average Bonchev–Trinajstić information content (AvgIpc) is 2.68. The van der Waals surface area contributed by atoms with Crippen LogP contribution in [-0.2, 0) is 6.42 Å². The third-order valence-corrected chi connectivity index (χ3v) is 3.20. The molecule has 4 heteroatoms. The maximum atomic E-state index is 11.8. The van der Waals surface area contributed by atoms with Crippen LogP contribution in [-0.4, -0.2) is 16.0 Å². The first-order valence-electron chi connectivity index (χ1n) is 6.50. The number of phenolic OH excluding ortho intramolecular Hbond substituents is 1. The molecule has 2 N–H and O–H groups in total. The highest BCUT2D eigenvalue weighted by Gasteiger charge is 2.23. The van der Waals surface area contributed by atoms with Crippen molar-refractivity contribution in [3.05, 3.63) is 29.5 Å². The third kappa shape index (κ3) is 2.18. The van der Waals surface area contributed by atoms with Gasteiger partial charge in [0.1, 0.15) is 5.76 Å². The van der Waals surface area contributed by atoms with Crippen molar-refractivity contribution in [2.24, 2.45) is 5.92 Å². The van der Waals surface area contributed by atoms with Crippen molar-refractivity contribution < 1.29 is 19.4 Å². The van der Waals surface area contributed by atoms with Crippen LogP contribution in [0.2, 0.25) is 0 Å². The molecule has 1 aromatic heterocycles. The summed E-state index contributed by atoms with van der Waals surface area (Å²) >= 11 is 0. The summed E-state index contributed by atoms with van der Waals surface area (Å²) in [7, 11) is 0. The quantitative estimate of drug-likeness (QED) is 0.830. The number of phenols is 1. The molecule has 1 heterocycles. The van der Waals surface area contributed by atoms with Crippen molar-refractivity contribution >= 4 is 22.8 Å². The number of hydrogen-bond donors (Lipinski definition) is 2. The van der Waals surface area contributed by atoms with Gasteiger partial charge < -0.3 is 14.6 Å². The Morgan fingerprint density at radius 2 is 2.05 bits per heavy atom. The summed E-state index contributed by atoms with van der Waals surface area (Å²) in [6.07, 6.45) is 1.98. The number of rotatable bonds is 4. The number of hydrogen-bond acceptors (Lipinski definition) is 4. The molecular weight excluding hydrogens is 256 g/mol. The number of carbonyl (C=O) groups excluding carboxylic acids is 1. The molecule has 106 valence electrons. The number of aromatic hydroxyl groups is 2. The summed E-state index contributed by atoms with van der Waals surface area (Å²) in [5.74, 6) is 0.290. The molecular formula is C16H18O4. The largest absolute Gasteiger partial charge is 0.504 e. The van der Waals surface area contributed by atoms with Crippen molar-refractivity contribution in [2.45, 2.75) is 27.2 Å². The summed E-state index contributed by atoms with van der Waals surface area (Å²) in [6.45, 7) is 9.00. The van der Waals surface area contributed by atoms with E-state index in [9.17, 15) is 15.0 Å². The van der Waals surface area contributed by atoms with Crippen LogP contribution in [0, 0.1) is 5.92 Å². The number of benzene rings is 1. The van der Waals surface area contributed by atoms with Gasteiger partial charge in [-0.15, -0.1) is 0 Å². The van der Waals surface area contributed by atoms with Crippen LogP contribution in [0.25, 0.3) is 17.0 Å². The highest BCUT2D eigenvalue weighted by molar-refractivity contribution is 6.11. The van der Waals surface area contributed by atoms with Crippen LogP contribution in [0.4, 0.5) is 0 Å². The van der Waals surface area contributed by atoms with Gasteiger partial charge in [-0.1, -0.05) is 26.5 Å². The molecule has 0 saturated heterocycles. The Balaban J connectivity index is 2.84. The molecule has 4 nitrogen and oxygen atoms in total. The van der Waals surface area contributed by atoms with Crippen LogP contribution < -0.4 is 0 Å². The first-order valence-corrected chi connectivity index (χ1v) is 6.50. The Morgan fingerprint density at radius 1 is 1.40 bits per heavy atom. The summed E-state index contributed by atoms with van der Waals surface area (Å²) in [6, 6.07) is 1.52. The molecule has 0 saturated carbocycles. The first kappa shape index (κ1) is 14.2. The van der Waals surface area contributed by atoms with Crippen molar-refractivity contribution in [1.29, 1.82) is 0 Å². The second-order valence-corrected chi connectivity index (χ2v) is 5.30. The van der Waals surface area contributed by atoms with Crippen molar-refractivity contribution in [1.82, 2.24) is 0 Å². The van der Waals surface area contributed by atoms with Crippen LogP contribution >= 0.6 is 0 Å². The van der Waals surface area contributed by atoms with E-state index in [4.69, 9.17) is 4.42 Å². The van der Waals surface area contributed by atoms with E-state index in [0.29, 0.717) is 23.3 Å². The molecule has 0 radical (unpaired) electrons. The van der Waals surface area contributed by atoms with E-state index in [-0.39, 0.29) is 34.2 Å². The molecule has 0 atom stereocenters. The minimum Gasteiger partial charge on any atom is -0.504 e. The second-order valence-electron chi connectivity index (χ2n) is 5.30. The van der Waals surface area contributed by atoms with Gasteiger partial charge in [-0.05, 0) is 18.9 Å². The number of furan rings is 1. The Bertz CT molecular complexity index is 692. The minimum atomic E-state index is -0.203. The highest BCUT2D eigenvalue weighted by atomic mass is 16.4. The number of carbonyl (C=O) groups is 1. The molecule has 0 aliphatic heterocycles. The van der Waals surface area contributed by atoms with E-state index >= 15 is 0 Å². The maximum absolute atomic E-state index is 11.8. The monoisotopic (exact) mass is 274 g/mol. The van der Waals surface area contributed by atoms with Gasteiger partial charge in [0.2, 0.25) is 0 Å². The number of fused-ring (bicyclic) bond motifs is 1. The first-order chi connectivity index (χ1) is 9.36. The zero-order chi connectivity index (χ0) is 15.0. The molecule has 2 rings (SSSR count). The second kappa shape index (κ2) is 5.04. The fourth-order valence-corrected chi connectivity index (χ4v) is 2.26. The zero-order valence-electron chi connectivity index (χ0n) is 11.9. The molecule has 0 spiro atoms. The van der Waals surface area contributed by atoms with Crippen molar-refractivity contribution in [3.8, 4) is 11.5 Å². The molecule has 0 aliphatic rings. The maximum Gasteiger partial charge on any atom is 0.181 e. The summed E-state index contributed by atoms with van der Waals surface area (Å²) in [5, 5.41) is 20.7. The van der Waals surface area contributed by atoms with Crippen LogP contribution in [0.5, 0.6) is 11.5 Å². The molecule has 0 fully saturated rings. The lowest BCUT2D eigenvalue weighted by molar-refractivity contribution is 0.101. The van der Waals surface area contributed by atoms with E-state index in [1.54, 1.807) is 0 Å². The molecule has 2 aromatic rings. The lowest BCUT2D eigenvalue weighted by atomic mass is 10.0. The van der Waals surface area contributed by atoms with E-state index in [1.807, 2.05) is 13.8 Å². The fourth-order valence-electron chi connectivity index (χ4n) is 2.26. The van der Waals surface area contributed by atoms with Crippen molar-refractivity contribution in [3.63, 3.8) is 0 Å². The van der Waals surface area contributed by atoms with Gasteiger partial charge in [-0.25, -0.2) is 0 Å². The van der Waals surface area contributed by atoms with Gasteiger partial charge >= 0.3 is 0 Å². The Kier molecular flexibility index (Phi) is 3.57. The standard InChI is InChI=1S/C16H18O4/c1-5-10-7-11(9(4)17)13-15(19)12(6-8(2)3)20-16(13)14(10)18/h5,7-8,18-19H,1,6H2,2-4H3. The Morgan fingerprint density at radius 3 is 2.55 bits per heavy atom. The third-order valence-electron chi connectivity index (χ3n) is 3.20. The lowest BCUT2D eigenvalue weighted by Gasteiger charge is -2.04. The van der Waals surface area contributed by atoms with Gasteiger partial charge in [0.25, 0.3) is 0 Å². The number of Topliss-reactive ketones (excluding diaryl/α,β-unsaturated/α-hetero) is 1. The van der Waals surface area contributed by atoms with Crippen LogP contribution in [0.3, 0.4) is 0 Å². The fraction of sp³-hybridized carbons (Fsp3) is 0.312. The van der Waals surface area contributed by atoms with Gasteiger partial charge in [-0.3, -0.25) is 4.79 Å². The topological polar surface area (TPSA) is 70.7 Å². The average molecular weight is 274 g/mol. The smallest absolute Gasteiger partial charge is 0.181 e. The molecule has 0 unspecified atom stereocenters. The van der Waals surface area contributed by atoms with E-state index in [2.05, 4.69) is 6.58 Å². The molecule has 1 aromatic carbocycles. The van der Waals surface area contributed by atoms with E-state index in [0.717, 1.165) is 0 Å². The van der Waals surface area contributed by atoms with E-state index < -0.39 is 0 Å². The van der Waals surface area contributed by atoms with Gasteiger partial charge in [-0.2, -0.15) is 0 Å². The molecule has 0 amide bonds. The minimum absolute atomic E-state index is 0.0650. The number of ketones is 1. The van der Waals surface area contributed by atoms with Gasteiger partial charge in [0.15, 0.2) is 22.9 Å². The van der Waals surface area contributed by atoms with Crippen molar-refractivity contribution in [2.75, 3.05) is 0 Å². The normalized spacial score (nSPS) is 11.2.